The third kappa shape index (κ3) is 6.48. The quantitative estimate of drug-likeness (QED) is 0.450. The molecule has 0 aromatic rings. The summed E-state index contributed by atoms with van der Waals surface area (Å²) in [6.07, 6.45) is 2.36. The number of alkyl carbamates (subject to hydrolysis) is 1. The van der Waals surface area contributed by atoms with Gasteiger partial charge in [0.15, 0.2) is 0 Å². The first-order valence-electron chi connectivity index (χ1n) is 12.0. The molecule has 5 atom stereocenters. The normalized spacial score (nSPS) is 23.7. The highest BCUT2D eigenvalue weighted by Crippen LogP contribution is 2.43. The molecule has 10 nitrogen and oxygen atoms in total. The average Bonchev–Trinajstić information content (AvgIpc) is 3.30. The molecule has 10 heteroatoms. The fraction of sp³-hybridized carbons (Fsp3) is 0.792. The van der Waals surface area contributed by atoms with Crippen LogP contribution >= 0.6 is 0 Å². The number of nitrogens with zero attached hydrogens (tertiary/aromatic N) is 1. The summed E-state index contributed by atoms with van der Waals surface area (Å²) in [6.45, 7) is 12.5. The number of carbonyl (C=O) groups is 5. The van der Waals surface area contributed by atoms with Crippen molar-refractivity contribution in [3.63, 3.8) is 0 Å². The van der Waals surface area contributed by atoms with Crippen LogP contribution in [0.3, 0.4) is 0 Å². The summed E-state index contributed by atoms with van der Waals surface area (Å²) in [4.78, 5) is 64.8. The lowest BCUT2D eigenvalue weighted by Gasteiger charge is -2.40. The molecule has 1 saturated heterocycles. The van der Waals surface area contributed by atoms with E-state index >= 15 is 0 Å². The van der Waals surface area contributed by atoms with Gasteiger partial charge in [-0.2, -0.15) is 0 Å². The molecule has 192 valence electrons. The fourth-order valence-corrected chi connectivity index (χ4v) is 4.85. The lowest BCUT2D eigenvalue weighted by molar-refractivity contribution is -0.147. The SMILES string of the molecule is CCCC(NC(=O)C1C2CCC(C2)N1C(=O)C(NC(=O)OC(C)(C)C)C(C)(C)C)C(=O)C(N)=O. The van der Waals surface area contributed by atoms with Crippen LogP contribution in [-0.4, -0.2) is 64.3 Å². The van der Waals surface area contributed by atoms with E-state index in [9.17, 15) is 24.0 Å². The first-order valence-corrected chi connectivity index (χ1v) is 12.0. The summed E-state index contributed by atoms with van der Waals surface area (Å²) >= 11 is 0. The molecule has 2 rings (SSSR count). The Morgan fingerprint density at radius 2 is 1.65 bits per heavy atom. The molecule has 1 saturated carbocycles. The topological polar surface area (TPSA) is 148 Å². The zero-order chi connectivity index (χ0) is 26.0. The van der Waals surface area contributed by atoms with Crippen LogP contribution in [0.15, 0.2) is 0 Å². The Bertz CT molecular complexity index is 828. The number of carbonyl (C=O) groups excluding carboxylic acids is 5. The van der Waals surface area contributed by atoms with E-state index in [1.54, 1.807) is 25.7 Å². The molecule has 0 spiro atoms. The maximum atomic E-state index is 13.8. The Hall–Kier alpha value is -2.65. The number of ether oxygens (including phenoxy) is 1. The predicted molar refractivity (Wildman–Crippen MR) is 125 cm³/mol. The van der Waals surface area contributed by atoms with Crippen molar-refractivity contribution in [1.29, 1.82) is 0 Å². The highest BCUT2D eigenvalue weighted by Gasteiger charge is 2.54. The van der Waals surface area contributed by atoms with Gasteiger partial charge < -0.3 is 26.0 Å². The predicted octanol–water partition coefficient (Wildman–Crippen LogP) is 1.64. The van der Waals surface area contributed by atoms with Crippen molar-refractivity contribution in [1.82, 2.24) is 15.5 Å². The van der Waals surface area contributed by atoms with Gasteiger partial charge in [-0.15, -0.1) is 0 Å². The second-order valence-electron chi connectivity index (χ2n) is 11.4. The Morgan fingerprint density at radius 1 is 1.03 bits per heavy atom. The molecule has 1 aliphatic heterocycles. The van der Waals surface area contributed by atoms with E-state index in [-0.39, 0.29) is 24.3 Å². The van der Waals surface area contributed by atoms with Gasteiger partial charge in [-0.1, -0.05) is 34.1 Å². The molecule has 0 aromatic heterocycles. The van der Waals surface area contributed by atoms with E-state index < -0.39 is 52.8 Å². The maximum absolute atomic E-state index is 13.8. The van der Waals surface area contributed by atoms with Crippen molar-refractivity contribution < 1.29 is 28.7 Å². The van der Waals surface area contributed by atoms with Gasteiger partial charge in [-0.05, 0) is 57.8 Å². The summed E-state index contributed by atoms with van der Waals surface area (Å²) in [5.74, 6) is -2.84. The van der Waals surface area contributed by atoms with Gasteiger partial charge in [-0.25, -0.2) is 4.79 Å². The van der Waals surface area contributed by atoms with Gasteiger partial charge in [-0.3, -0.25) is 19.2 Å². The van der Waals surface area contributed by atoms with E-state index in [0.29, 0.717) is 12.8 Å². The molecule has 4 N–H and O–H groups in total. The number of hydrogen-bond acceptors (Lipinski definition) is 6. The number of fused-ring (bicyclic) bond motifs is 2. The first-order chi connectivity index (χ1) is 15.6. The number of nitrogens with two attached hydrogens (primary N) is 1. The minimum Gasteiger partial charge on any atom is -0.444 e. The number of Topliss-reactive ketones (excluding diaryl/α,β-unsaturated/α-hetero) is 1. The van der Waals surface area contributed by atoms with Crippen LogP contribution in [0.4, 0.5) is 4.79 Å². The molecule has 1 aliphatic carbocycles. The van der Waals surface area contributed by atoms with Crippen LogP contribution in [0.25, 0.3) is 0 Å². The number of hydrogen-bond donors (Lipinski definition) is 3. The zero-order valence-electron chi connectivity index (χ0n) is 21.4. The van der Waals surface area contributed by atoms with E-state index in [4.69, 9.17) is 10.5 Å². The number of ketones is 1. The summed E-state index contributed by atoms with van der Waals surface area (Å²) in [6, 6.07) is -2.85. The van der Waals surface area contributed by atoms with Crippen LogP contribution in [0.5, 0.6) is 0 Å². The molecule has 4 amide bonds. The van der Waals surface area contributed by atoms with E-state index in [2.05, 4.69) is 10.6 Å². The summed E-state index contributed by atoms with van der Waals surface area (Å²) < 4.78 is 5.36. The molecule has 5 unspecified atom stereocenters. The molecule has 0 aromatic carbocycles. The Kier molecular flexibility index (Phi) is 8.37. The molecule has 2 bridgehead atoms. The third-order valence-electron chi connectivity index (χ3n) is 6.34. The van der Waals surface area contributed by atoms with E-state index in [0.717, 1.165) is 12.8 Å². The number of amides is 4. The van der Waals surface area contributed by atoms with Crippen LogP contribution in [0.2, 0.25) is 0 Å². The highest BCUT2D eigenvalue weighted by molar-refractivity contribution is 6.37. The van der Waals surface area contributed by atoms with Gasteiger partial charge in [0.05, 0.1) is 6.04 Å². The minimum atomic E-state index is -1.10. The fourth-order valence-electron chi connectivity index (χ4n) is 4.85. The molecular weight excluding hydrogens is 440 g/mol. The molecule has 1 heterocycles. The summed E-state index contributed by atoms with van der Waals surface area (Å²) in [5.41, 5.74) is 3.77. The average molecular weight is 481 g/mol. The monoisotopic (exact) mass is 480 g/mol. The highest BCUT2D eigenvalue weighted by atomic mass is 16.6. The summed E-state index contributed by atoms with van der Waals surface area (Å²) in [7, 11) is 0. The Labute approximate surface area is 201 Å². The lowest BCUT2D eigenvalue weighted by atomic mass is 9.85. The van der Waals surface area contributed by atoms with Crippen molar-refractivity contribution >= 4 is 29.6 Å². The van der Waals surface area contributed by atoms with Crippen molar-refractivity contribution in [2.75, 3.05) is 0 Å². The van der Waals surface area contributed by atoms with Gasteiger partial charge in [0.2, 0.25) is 17.6 Å². The standard InChI is InChI=1S/C24H40N4O6/c1-8-9-15(17(29)19(25)30)26-20(31)16-13-10-11-14(12-13)28(16)21(32)18(23(2,3)4)27-22(33)34-24(5,6)7/h13-16,18H,8-12H2,1-7H3,(H2,25,30)(H,26,31)(H,27,33). The van der Waals surface area contributed by atoms with Gasteiger partial charge in [0, 0.05) is 6.04 Å². The molecule has 34 heavy (non-hydrogen) atoms. The smallest absolute Gasteiger partial charge is 0.408 e. The van der Waals surface area contributed by atoms with Crippen LogP contribution in [0.1, 0.15) is 80.6 Å². The zero-order valence-corrected chi connectivity index (χ0v) is 21.4. The van der Waals surface area contributed by atoms with Crippen LogP contribution in [0, 0.1) is 11.3 Å². The minimum absolute atomic E-state index is 0.0537. The van der Waals surface area contributed by atoms with E-state index in [1.807, 2.05) is 27.7 Å². The van der Waals surface area contributed by atoms with E-state index in [1.165, 1.54) is 0 Å². The second-order valence-corrected chi connectivity index (χ2v) is 11.4. The maximum Gasteiger partial charge on any atom is 0.408 e. The number of likely N-dealkylation sites (tertiary alicyclic amines) is 1. The molecule has 2 aliphatic rings. The number of nitrogens with one attached hydrogen (secondary N) is 2. The van der Waals surface area contributed by atoms with Crippen molar-refractivity contribution in [3.05, 3.63) is 0 Å². The van der Waals surface area contributed by atoms with Crippen molar-refractivity contribution in [3.8, 4) is 0 Å². The largest absolute Gasteiger partial charge is 0.444 e. The lowest BCUT2D eigenvalue weighted by Crippen LogP contribution is -2.62. The Balaban J connectivity index is 2.28. The Morgan fingerprint density at radius 3 is 2.15 bits per heavy atom. The first kappa shape index (κ1) is 27.6. The molecular formula is C24H40N4O6. The number of rotatable bonds is 8. The number of piperidine rings is 1. The van der Waals surface area contributed by atoms with Gasteiger partial charge in [0.1, 0.15) is 17.7 Å². The molecule has 0 radical (unpaired) electrons. The van der Waals surface area contributed by atoms with Gasteiger partial charge >= 0.3 is 6.09 Å². The summed E-state index contributed by atoms with van der Waals surface area (Å²) in [5, 5.41) is 5.37. The van der Waals surface area contributed by atoms with Crippen LogP contribution < -0.4 is 16.4 Å². The second kappa shape index (κ2) is 10.3. The van der Waals surface area contributed by atoms with Gasteiger partial charge in [0.25, 0.3) is 5.91 Å². The molecule has 2 fully saturated rings. The van der Waals surface area contributed by atoms with Crippen molar-refractivity contribution in [2.24, 2.45) is 17.1 Å². The van der Waals surface area contributed by atoms with Crippen molar-refractivity contribution in [2.45, 2.75) is 110 Å². The number of primary amides is 1. The van der Waals surface area contributed by atoms with Crippen LogP contribution in [-0.2, 0) is 23.9 Å². The third-order valence-corrected chi connectivity index (χ3v) is 6.34.